The van der Waals surface area contributed by atoms with Gasteiger partial charge in [-0.2, -0.15) is 0 Å². The smallest absolute Gasteiger partial charge is 0.242 e. The van der Waals surface area contributed by atoms with Gasteiger partial charge in [-0.3, -0.25) is 9.59 Å². The van der Waals surface area contributed by atoms with E-state index in [4.69, 9.17) is 0 Å². The summed E-state index contributed by atoms with van der Waals surface area (Å²) in [4.78, 5) is 26.7. The summed E-state index contributed by atoms with van der Waals surface area (Å²) in [5.41, 5.74) is 1.54. The van der Waals surface area contributed by atoms with E-state index in [-0.39, 0.29) is 23.4 Å². The van der Waals surface area contributed by atoms with E-state index in [0.717, 1.165) is 5.56 Å². The largest absolute Gasteiger partial charge is 0.357 e. The van der Waals surface area contributed by atoms with Gasteiger partial charge in [0.25, 0.3) is 0 Å². The lowest BCUT2D eigenvalue weighted by molar-refractivity contribution is -0.139. The minimum atomic E-state index is -0.531. The molecule has 2 rings (SSSR count). The van der Waals surface area contributed by atoms with Crippen LogP contribution < -0.4 is 5.32 Å². The Morgan fingerprint density at radius 3 is 2.41 bits per heavy atom. The predicted octanol–water partition coefficient (Wildman–Crippen LogP) is 3.61. The van der Waals surface area contributed by atoms with Crippen molar-refractivity contribution < 1.29 is 14.0 Å². The quantitative estimate of drug-likeness (QED) is 0.714. The van der Waals surface area contributed by atoms with Gasteiger partial charge >= 0.3 is 0 Å². The molecular weight excluding hydrogens is 363 g/mol. The number of thioether (sulfide) groups is 1. The van der Waals surface area contributed by atoms with Crippen LogP contribution in [0.4, 0.5) is 4.39 Å². The molecule has 4 nitrogen and oxygen atoms in total. The first-order valence-electron chi connectivity index (χ1n) is 8.93. The monoisotopic (exact) mass is 388 g/mol. The fourth-order valence-corrected chi connectivity index (χ4v) is 3.71. The van der Waals surface area contributed by atoms with Crippen molar-refractivity contribution in [3.05, 3.63) is 71.5 Å². The van der Waals surface area contributed by atoms with Gasteiger partial charge in [-0.05, 0) is 23.6 Å². The molecule has 1 N–H and O–H groups in total. The van der Waals surface area contributed by atoms with Crippen molar-refractivity contribution in [1.29, 1.82) is 0 Å². The summed E-state index contributed by atoms with van der Waals surface area (Å²) in [5.74, 6) is 0.0233. The molecule has 0 aliphatic carbocycles. The van der Waals surface area contributed by atoms with Crippen LogP contribution in [0.1, 0.15) is 24.5 Å². The fourth-order valence-electron chi connectivity index (χ4n) is 2.81. The summed E-state index contributed by atoms with van der Waals surface area (Å²) in [6, 6.07) is 15.6. The van der Waals surface area contributed by atoms with E-state index >= 15 is 0 Å². The van der Waals surface area contributed by atoms with E-state index in [0.29, 0.717) is 24.3 Å². The zero-order chi connectivity index (χ0) is 19.6. The average molecular weight is 389 g/mol. The number of amides is 2. The molecule has 0 bridgehead atoms. The summed E-state index contributed by atoms with van der Waals surface area (Å²) in [6.45, 7) is 2.25. The Balaban J connectivity index is 2.07. The van der Waals surface area contributed by atoms with Gasteiger partial charge in [0.15, 0.2) is 0 Å². The van der Waals surface area contributed by atoms with Crippen LogP contribution in [0.25, 0.3) is 0 Å². The predicted molar refractivity (Wildman–Crippen MR) is 108 cm³/mol. The molecule has 0 saturated carbocycles. The highest BCUT2D eigenvalue weighted by Crippen LogP contribution is 2.18. The van der Waals surface area contributed by atoms with Crippen molar-refractivity contribution in [3.63, 3.8) is 0 Å². The molecule has 2 aromatic carbocycles. The van der Waals surface area contributed by atoms with Crippen molar-refractivity contribution in [1.82, 2.24) is 10.2 Å². The summed E-state index contributed by atoms with van der Waals surface area (Å²) in [5, 5.41) is 2.64. The lowest BCUT2D eigenvalue weighted by Gasteiger charge is -2.30. The minimum absolute atomic E-state index is 0.129. The van der Waals surface area contributed by atoms with Crippen LogP contribution in [0.2, 0.25) is 0 Å². The molecule has 0 unspecified atom stereocenters. The Bertz CT molecular complexity index is 755. The molecule has 0 heterocycles. The van der Waals surface area contributed by atoms with Gasteiger partial charge in [-0.1, -0.05) is 55.5 Å². The van der Waals surface area contributed by atoms with Crippen molar-refractivity contribution in [2.45, 2.75) is 31.7 Å². The van der Waals surface area contributed by atoms with Crippen LogP contribution in [0.5, 0.6) is 0 Å². The zero-order valence-corrected chi connectivity index (χ0v) is 16.5. The molecule has 6 heteroatoms. The molecule has 0 aliphatic heterocycles. The van der Waals surface area contributed by atoms with E-state index in [9.17, 15) is 14.0 Å². The lowest BCUT2D eigenvalue weighted by Crippen LogP contribution is -2.48. The van der Waals surface area contributed by atoms with Gasteiger partial charge in [0.1, 0.15) is 11.9 Å². The zero-order valence-electron chi connectivity index (χ0n) is 15.7. The number of carbonyl (C=O) groups is 2. The maximum atomic E-state index is 13.7. The molecule has 144 valence electrons. The Labute approximate surface area is 164 Å². The molecule has 0 saturated heterocycles. The molecule has 0 aliphatic rings. The van der Waals surface area contributed by atoms with Crippen molar-refractivity contribution in [2.24, 2.45) is 0 Å². The normalized spacial score (nSPS) is 11.7. The number of hydrogen-bond acceptors (Lipinski definition) is 3. The number of rotatable bonds is 9. The summed E-state index contributed by atoms with van der Waals surface area (Å²) in [6.07, 6.45) is 0.524. The molecule has 1 atom stereocenters. The van der Waals surface area contributed by atoms with Gasteiger partial charge in [0, 0.05) is 19.3 Å². The Morgan fingerprint density at radius 1 is 1.11 bits per heavy atom. The van der Waals surface area contributed by atoms with E-state index in [1.165, 1.54) is 17.8 Å². The highest BCUT2D eigenvalue weighted by Gasteiger charge is 2.27. The van der Waals surface area contributed by atoms with Crippen LogP contribution in [-0.4, -0.2) is 35.6 Å². The van der Waals surface area contributed by atoms with Gasteiger partial charge in [0.05, 0.1) is 5.75 Å². The maximum absolute atomic E-state index is 13.7. The van der Waals surface area contributed by atoms with Gasteiger partial charge in [-0.15, -0.1) is 11.8 Å². The van der Waals surface area contributed by atoms with Crippen LogP contribution >= 0.6 is 11.8 Å². The first kappa shape index (κ1) is 21.0. The number of nitrogens with one attached hydrogen (secondary N) is 1. The Morgan fingerprint density at radius 2 is 1.78 bits per heavy atom. The van der Waals surface area contributed by atoms with E-state index < -0.39 is 6.04 Å². The lowest BCUT2D eigenvalue weighted by atomic mass is 10.1. The molecule has 27 heavy (non-hydrogen) atoms. The summed E-state index contributed by atoms with van der Waals surface area (Å²) >= 11 is 1.35. The molecule has 2 amide bonds. The second kappa shape index (κ2) is 10.7. The van der Waals surface area contributed by atoms with Crippen molar-refractivity contribution in [3.8, 4) is 0 Å². The van der Waals surface area contributed by atoms with E-state index in [1.807, 2.05) is 37.3 Å². The van der Waals surface area contributed by atoms with Crippen LogP contribution in [0, 0.1) is 5.82 Å². The number of hydrogen-bond donors (Lipinski definition) is 1. The molecular formula is C21H25FN2O2S. The average Bonchev–Trinajstić information content (AvgIpc) is 2.69. The highest BCUT2D eigenvalue weighted by molar-refractivity contribution is 7.99. The third-order valence-corrected chi connectivity index (χ3v) is 5.24. The number of carbonyl (C=O) groups excluding carboxylic acids is 2. The molecule has 0 fully saturated rings. The minimum Gasteiger partial charge on any atom is -0.357 e. The summed E-state index contributed by atoms with van der Waals surface area (Å²) in [7, 11) is 1.57. The van der Waals surface area contributed by atoms with Crippen molar-refractivity contribution in [2.75, 3.05) is 12.8 Å². The molecule has 0 aromatic heterocycles. The van der Waals surface area contributed by atoms with Gasteiger partial charge in [0.2, 0.25) is 11.8 Å². The fraction of sp³-hybridized carbons (Fsp3) is 0.333. The maximum Gasteiger partial charge on any atom is 0.242 e. The second-order valence-electron chi connectivity index (χ2n) is 6.13. The SMILES string of the molecule is CC[C@H](C(=O)NC)N(Cc1ccccc1)C(=O)CSCc1ccccc1F. The Hall–Kier alpha value is -2.34. The first-order valence-corrected chi connectivity index (χ1v) is 10.1. The van der Waals surface area contributed by atoms with E-state index in [2.05, 4.69) is 5.32 Å². The van der Waals surface area contributed by atoms with E-state index in [1.54, 1.807) is 30.1 Å². The number of likely N-dealkylation sites (N-methyl/N-ethyl adjacent to an activating group) is 1. The van der Waals surface area contributed by atoms with Gasteiger partial charge < -0.3 is 10.2 Å². The highest BCUT2D eigenvalue weighted by atomic mass is 32.2. The topological polar surface area (TPSA) is 49.4 Å². The standard InChI is InChI=1S/C21H25FN2O2S/c1-3-19(21(26)23-2)24(13-16-9-5-4-6-10-16)20(25)15-27-14-17-11-7-8-12-18(17)22/h4-12,19H,3,13-15H2,1-2H3,(H,23,26)/t19-/m1/s1. The molecule has 2 aromatic rings. The van der Waals surface area contributed by atoms with Crippen LogP contribution in [0.3, 0.4) is 0 Å². The second-order valence-corrected chi connectivity index (χ2v) is 7.12. The molecule has 0 spiro atoms. The number of benzene rings is 2. The summed E-state index contributed by atoms with van der Waals surface area (Å²) < 4.78 is 13.7. The van der Waals surface area contributed by atoms with Gasteiger partial charge in [-0.25, -0.2) is 4.39 Å². The Kier molecular flexibility index (Phi) is 8.33. The molecule has 0 radical (unpaired) electrons. The third kappa shape index (κ3) is 6.10. The number of halogens is 1. The van der Waals surface area contributed by atoms with Crippen molar-refractivity contribution >= 4 is 23.6 Å². The first-order chi connectivity index (χ1) is 13.1. The number of nitrogens with zero attached hydrogens (tertiary/aromatic N) is 1. The third-order valence-electron chi connectivity index (χ3n) is 4.27. The van der Waals surface area contributed by atoms with Crippen LogP contribution in [-0.2, 0) is 21.9 Å². The van der Waals surface area contributed by atoms with Crippen LogP contribution in [0.15, 0.2) is 54.6 Å².